The lowest BCUT2D eigenvalue weighted by molar-refractivity contribution is -0.138. The Kier molecular flexibility index (Phi) is 4.81. The third-order valence-corrected chi connectivity index (χ3v) is 8.34. The van der Waals surface area contributed by atoms with Gasteiger partial charge in [-0.15, -0.1) is 0 Å². The fraction of sp³-hybridized carbons (Fsp3) is 0.682. The molecule has 1 heterocycles. The van der Waals surface area contributed by atoms with Gasteiger partial charge < -0.3 is 5.32 Å². The van der Waals surface area contributed by atoms with Crippen molar-refractivity contribution < 1.29 is 18.0 Å². The highest BCUT2D eigenvalue weighted by Crippen LogP contribution is 2.55. The molecule has 30 heavy (non-hydrogen) atoms. The molecule has 0 radical (unpaired) electrons. The van der Waals surface area contributed by atoms with Crippen LogP contribution in [0.25, 0.3) is 0 Å². The number of carbonyl (C=O) groups is 1. The maximum atomic E-state index is 13.7. The van der Waals surface area contributed by atoms with Gasteiger partial charge in [-0.05, 0) is 81.1 Å². The van der Waals surface area contributed by atoms with Gasteiger partial charge in [0.05, 0.1) is 16.9 Å². The minimum absolute atomic E-state index is 0.0144. The highest BCUT2D eigenvalue weighted by molar-refractivity contribution is 8.00. The lowest BCUT2D eigenvalue weighted by Gasteiger charge is -2.56. The zero-order chi connectivity index (χ0) is 21.1. The third-order valence-electron chi connectivity index (χ3n) is 7.37. The first kappa shape index (κ1) is 20.2. The van der Waals surface area contributed by atoms with Crippen molar-refractivity contribution >= 4 is 17.7 Å². The van der Waals surface area contributed by atoms with Crippen LogP contribution in [0.3, 0.4) is 0 Å². The van der Waals surface area contributed by atoms with Crippen molar-refractivity contribution in [3.05, 3.63) is 22.4 Å². The normalized spacial score (nSPS) is 31.5. The molecule has 0 aliphatic heterocycles. The number of aryl methyl sites for hydroxylation is 1. The predicted molar refractivity (Wildman–Crippen MR) is 106 cm³/mol. The van der Waals surface area contributed by atoms with Gasteiger partial charge in [-0.1, -0.05) is 11.8 Å². The standard InChI is InChI=1S/C22H24F3N3OS/c23-22(24,25)19-15-2-1-3-17(15)27-20(16(19)10-26)30-11-18(29)28-21-7-12-4-13(8-21)6-14(5-12)9-21/h12-14H,1-9,11H2,(H,28,29). The van der Waals surface area contributed by atoms with E-state index in [1.165, 1.54) is 19.3 Å². The number of pyridine rings is 1. The van der Waals surface area contributed by atoms with Gasteiger partial charge in [0.25, 0.3) is 0 Å². The van der Waals surface area contributed by atoms with Crippen molar-refractivity contribution in [1.29, 1.82) is 5.26 Å². The summed E-state index contributed by atoms with van der Waals surface area (Å²) in [4.78, 5) is 17.1. The second kappa shape index (κ2) is 7.15. The summed E-state index contributed by atoms with van der Waals surface area (Å²) in [6, 6.07) is 1.72. The number of amides is 1. The van der Waals surface area contributed by atoms with E-state index >= 15 is 0 Å². The molecule has 5 aliphatic carbocycles. The van der Waals surface area contributed by atoms with Gasteiger partial charge in [0.2, 0.25) is 5.91 Å². The molecule has 4 nitrogen and oxygen atoms in total. The molecule has 0 unspecified atom stereocenters. The second-order valence-corrected chi connectivity index (χ2v) is 10.6. The molecule has 1 aromatic heterocycles. The van der Waals surface area contributed by atoms with Crippen molar-refractivity contribution in [3.63, 3.8) is 0 Å². The molecule has 0 atom stereocenters. The molecule has 0 saturated heterocycles. The van der Waals surface area contributed by atoms with Crippen LogP contribution >= 0.6 is 11.8 Å². The molecule has 5 aliphatic rings. The Bertz CT molecular complexity index is 902. The topological polar surface area (TPSA) is 65.8 Å². The molecular weight excluding hydrogens is 411 g/mol. The van der Waals surface area contributed by atoms with Crippen molar-refractivity contribution in [2.24, 2.45) is 17.8 Å². The van der Waals surface area contributed by atoms with E-state index in [9.17, 15) is 23.2 Å². The summed E-state index contributed by atoms with van der Waals surface area (Å²) in [5, 5.41) is 12.7. The minimum Gasteiger partial charge on any atom is -0.350 e. The van der Waals surface area contributed by atoms with Crippen molar-refractivity contribution in [2.75, 3.05) is 5.75 Å². The average Bonchev–Trinajstić information content (AvgIpc) is 3.10. The van der Waals surface area contributed by atoms with Crippen LogP contribution in [0.2, 0.25) is 0 Å². The zero-order valence-electron chi connectivity index (χ0n) is 16.6. The van der Waals surface area contributed by atoms with Gasteiger partial charge >= 0.3 is 6.18 Å². The first-order chi connectivity index (χ1) is 14.3. The molecule has 8 heteroatoms. The lowest BCUT2D eigenvalue weighted by atomic mass is 9.53. The Morgan fingerprint density at radius 3 is 2.37 bits per heavy atom. The molecule has 6 rings (SSSR count). The summed E-state index contributed by atoms with van der Waals surface area (Å²) in [7, 11) is 0. The Morgan fingerprint density at radius 2 is 1.80 bits per heavy atom. The number of thioether (sulfide) groups is 1. The van der Waals surface area contributed by atoms with Crippen LogP contribution in [0.4, 0.5) is 13.2 Å². The number of nitrogens with one attached hydrogen (secondary N) is 1. The number of nitrogens with zero attached hydrogens (tertiary/aromatic N) is 2. The molecule has 4 fully saturated rings. The summed E-state index contributed by atoms with van der Waals surface area (Å²) in [6.07, 6.45) is 3.67. The molecular formula is C22H24F3N3OS. The Morgan fingerprint density at radius 1 is 1.17 bits per heavy atom. The maximum Gasteiger partial charge on any atom is 0.418 e. The van der Waals surface area contributed by atoms with Crippen molar-refractivity contribution in [2.45, 2.75) is 74.5 Å². The number of hydrogen-bond acceptors (Lipinski definition) is 4. The monoisotopic (exact) mass is 435 g/mol. The SMILES string of the molecule is N#Cc1c(SCC(=O)NC23CC4CC(CC(C4)C2)C3)nc2c(c1C(F)(F)F)CCC2. The second-order valence-electron chi connectivity index (χ2n) is 9.59. The number of nitriles is 1. The Hall–Kier alpha value is -1.75. The summed E-state index contributed by atoms with van der Waals surface area (Å²) < 4.78 is 41.1. The van der Waals surface area contributed by atoms with E-state index in [4.69, 9.17) is 0 Å². The molecule has 1 amide bonds. The van der Waals surface area contributed by atoms with Gasteiger partial charge in [0.15, 0.2) is 0 Å². The van der Waals surface area contributed by atoms with Crippen LogP contribution in [-0.4, -0.2) is 22.2 Å². The number of hydrogen-bond donors (Lipinski definition) is 1. The van der Waals surface area contributed by atoms with Crippen LogP contribution in [0, 0.1) is 29.1 Å². The number of halogens is 3. The molecule has 0 spiro atoms. The Balaban J connectivity index is 1.33. The van der Waals surface area contributed by atoms with Gasteiger partial charge in [0, 0.05) is 11.2 Å². The number of aromatic nitrogens is 1. The molecule has 1 N–H and O–H groups in total. The maximum absolute atomic E-state index is 13.7. The van der Waals surface area contributed by atoms with Crippen LogP contribution in [-0.2, 0) is 23.8 Å². The van der Waals surface area contributed by atoms with E-state index in [0.29, 0.717) is 42.7 Å². The van der Waals surface area contributed by atoms with Gasteiger partial charge in [-0.25, -0.2) is 4.98 Å². The molecule has 160 valence electrons. The molecule has 4 bridgehead atoms. The molecule has 4 saturated carbocycles. The van der Waals surface area contributed by atoms with E-state index in [2.05, 4.69) is 10.3 Å². The number of alkyl halides is 3. The third kappa shape index (κ3) is 3.49. The van der Waals surface area contributed by atoms with E-state index in [0.717, 1.165) is 31.0 Å². The van der Waals surface area contributed by atoms with Crippen LogP contribution in [0.15, 0.2) is 5.03 Å². The smallest absolute Gasteiger partial charge is 0.350 e. The summed E-state index contributed by atoms with van der Waals surface area (Å²) in [6.45, 7) is 0. The Labute approximate surface area is 178 Å². The first-order valence-electron chi connectivity index (χ1n) is 10.7. The zero-order valence-corrected chi connectivity index (χ0v) is 17.5. The van der Waals surface area contributed by atoms with Gasteiger partial charge in [0.1, 0.15) is 11.1 Å². The number of fused-ring (bicyclic) bond motifs is 1. The fourth-order valence-corrected chi connectivity index (χ4v) is 7.61. The quantitative estimate of drug-likeness (QED) is 0.700. The fourth-order valence-electron chi connectivity index (χ4n) is 6.81. The molecule has 1 aromatic rings. The summed E-state index contributed by atoms with van der Waals surface area (Å²) >= 11 is 0.959. The van der Waals surface area contributed by atoms with Crippen LogP contribution in [0.5, 0.6) is 0 Å². The van der Waals surface area contributed by atoms with Crippen LogP contribution in [0.1, 0.15) is 67.3 Å². The van der Waals surface area contributed by atoms with Gasteiger partial charge in [-0.2, -0.15) is 18.4 Å². The lowest BCUT2D eigenvalue weighted by Crippen LogP contribution is -2.60. The summed E-state index contributed by atoms with van der Waals surface area (Å²) in [5.41, 5.74) is -0.841. The first-order valence-corrected chi connectivity index (χ1v) is 11.7. The van der Waals surface area contributed by atoms with E-state index in [-0.39, 0.29) is 27.8 Å². The highest BCUT2D eigenvalue weighted by atomic mass is 32.2. The summed E-state index contributed by atoms with van der Waals surface area (Å²) in [5.74, 6) is 1.91. The van der Waals surface area contributed by atoms with E-state index in [1.54, 1.807) is 6.07 Å². The highest BCUT2D eigenvalue weighted by Gasteiger charge is 2.51. The molecule has 0 aromatic carbocycles. The van der Waals surface area contributed by atoms with Crippen molar-refractivity contribution in [3.8, 4) is 6.07 Å². The van der Waals surface area contributed by atoms with E-state index < -0.39 is 17.3 Å². The van der Waals surface area contributed by atoms with E-state index in [1.807, 2.05) is 0 Å². The number of rotatable bonds is 4. The van der Waals surface area contributed by atoms with Crippen molar-refractivity contribution in [1.82, 2.24) is 10.3 Å². The average molecular weight is 436 g/mol. The minimum atomic E-state index is -4.60. The van der Waals surface area contributed by atoms with Gasteiger partial charge in [-0.3, -0.25) is 4.79 Å². The largest absolute Gasteiger partial charge is 0.418 e. The van der Waals surface area contributed by atoms with Crippen LogP contribution < -0.4 is 5.32 Å². The number of carbonyl (C=O) groups excluding carboxylic acids is 1. The predicted octanol–water partition coefficient (Wildman–Crippen LogP) is 4.64.